The Balaban J connectivity index is 2.57. The zero-order chi connectivity index (χ0) is 11.3. The third kappa shape index (κ3) is 4.29. The molecule has 2 N–H and O–H groups in total. The molecule has 0 spiro atoms. The summed E-state index contributed by atoms with van der Waals surface area (Å²) in [5.74, 6) is 0.266. The molecule has 0 aromatic heterocycles. The quantitative estimate of drug-likeness (QED) is 0.836. The minimum absolute atomic E-state index is 0.192. The van der Waals surface area contributed by atoms with E-state index < -0.39 is 0 Å². The summed E-state index contributed by atoms with van der Waals surface area (Å²) in [4.78, 5) is 0. The number of benzene rings is 1. The van der Waals surface area contributed by atoms with Gasteiger partial charge >= 0.3 is 0 Å². The largest absolute Gasteiger partial charge is 0.396 e. The van der Waals surface area contributed by atoms with Gasteiger partial charge in [0.15, 0.2) is 0 Å². The topological polar surface area (TPSA) is 32.3 Å². The predicted octanol–water partition coefficient (Wildman–Crippen LogP) is 3.42. The van der Waals surface area contributed by atoms with Crippen LogP contribution in [0, 0.1) is 5.92 Å². The molecule has 0 amide bonds. The first-order valence-electron chi connectivity index (χ1n) is 4.96. The van der Waals surface area contributed by atoms with Crippen LogP contribution in [0.4, 0.5) is 5.69 Å². The van der Waals surface area contributed by atoms with E-state index in [1.54, 1.807) is 6.07 Å². The number of hydrogen-bond donors (Lipinski definition) is 2. The highest BCUT2D eigenvalue weighted by molar-refractivity contribution is 6.35. The van der Waals surface area contributed by atoms with Crippen LogP contribution in [0.25, 0.3) is 0 Å². The van der Waals surface area contributed by atoms with Crippen molar-refractivity contribution in [2.24, 2.45) is 5.92 Å². The summed E-state index contributed by atoms with van der Waals surface area (Å²) < 4.78 is 0. The Hall–Kier alpha value is -0.440. The third-order valence-corrected chi connectivity index (χ3v) is 2.73. The molecule has 0 saturated heterocycles. The molecule has 0 fully saturated rings. The van der Waals surface area contributed by atoms with Gasteiger partial charge in [0, 0.05) is 28.9 Å². The molecule has 0 aliphatic carbocycles. The number of anilines is 1. The number of hydrogen-bond acceptors (Lipinski definition) is 2. The highest BCUT2D eigenvalue weighted by Gasteiger charge is 2.04. The van der Waals surface area contributed by atoms with Gasteiger partial charge in [-0.05, 0) is 30.5 Å². The summed E-state index contributed by atoms with van der Waals surface area (Å²) in [5, 5.41) is 13.4. The van der Waals surface area contributed by atoms with Crippen molar-refractivity contribution in [1.82, 2.24) is 0 Å². The molecule has 0 radical (unpaired) electrons. The highest BCUT2D eigenvalue weighted by atomic mass is 35.5. The van der Waals surface area contributed by atoms with Crippen LogP contribution in [0.2, 0.25) is 10.0 Å². The van der Waals surface area contributed by atoms with Crippen LogP contribution in [-0.2, 0) is 0 Å². The van der Waals surface area contributed by atoms with Gasteiger partial charge in [0.1, 0.15) is 0 Å². The van der Waals surface area contributed by atoms with Crippen molar-refractivity contribution < 1.29 is 5.11 Å². The highest BCUT2D eigenvalue weighted by Crippen LogP contribution is 2.22. The Morgan fingerprint density at radius 3 is 2.33 bits per heavy atom. The molecule has 15 heavy (non-hydrogen) atoms. The molecular weight excluding hydrogens is 233 g/mol. The van der Waals surface area contributed by atoms with Crippen LogP contribution < -0.4 is 5.32 Å². The van der Waals surface area contributed by atoms with E-state index in [1.165, 1.54) is 0 Å². The van der Waals surface area contributed by atoms with Crippen molar-refractivity contribution in [3.8, 4) is 0 Å². The lowest BCUT2D eigenvalue weighted by molar-refractivity contribution is 0.230. The first-order valence-corrected chi connectivity index (χ1v) is 5.72. The van der Waals surface area contributed by atoms with Crippen LogP contribution in [0.3, 0.4) is 0 Å². The first kappa shape index (κ1) is 12.6. The smallest absolute Gasteiger partial charge is 0.0475 e. The molecule has 0 saturated carbocycles. The maximum atomic E-state index is 9.02. The van der Waals surface area contributed by atoms with E-state index in [4.69, 9.17) is 28.3 Å². The molecule has 0 heterocycles. The Kier molecular flexibility index (Phi) is 5.23. The maximum absolute atomic E-state index is 9.02. The van der Waals surface area contributed by atoms with Gasteiger partial charge in [0.25, 0.3) is 0 Å². The second-order valence-electron chi connectivity index (χ2n) is 3.50. The zero-order valence-corrected chi connectivity index (χ0v) is 10.1. The maximum Gasteiger partial charge on any atom is 0.0475 e. The second kappa shape index (κ2) is 6.21. The number of aliphatic hydroxyl groups excluding tert-OH is 1. The Morgan fingerprint density at radius 2 is 1.87 bits per heavy atom. The van der Waals surface area contributed by atoms with Gasteiger partial charge in [0.2, 0.25) is 0 Å². The van der Waals surface area contributed by atoms with Crippen molar-refractivity contribution in [3.05, 3.63) is 28.2 Å². The van der Waals surface area contributed by atoms with Gasteiger partial charge in [-0.25, -0.2) is 0 Å². The second-order valence-corrected chi connectivity index (χ2v) is 4.37. The molecule has 2 nitrogen and oxygen atoms in total. The minimum Gasteiger partial charge on any atom is -0.396 e. The zero-order valence-electron chi connectivity index (χ0n) is 8.63. The van der Waals surface area contributed by atoms with Gasteiger partial charge < -0.3 is 10.4 Å². The van der Waals surface area contributed by atoms with Crippen molar-refractivity contribution in [2.75, 3.05) is 18.5 Å². The van der Waals surface area contributed by atoms with Crippen molar-refractivity contribution >= 4 is 28.9 Å². The predicted molar refractivity (Wildman–Crippen MR) is 65.8 cm³/mol. The van der Waals surface area contributed by atoms with E-state index >= 15 is 0 Å². The fraction of sp³-hybridized carbons (Fsp3) is 0.455. The summed E-state index contributed by atoms with van der Waals surface area (Å²) in [5.41, 5.74) is 0.888. The van der Waals surface area contributed by atoms with E-state index in [9.17, 15) is 0 Å². The molecule has 1 rings (SSSR count). The molecule has 0 aliphatic rings. The SMILES string of the molecule is CCC(CO)CNc1cc(Cl)cc(Cl)c1. The fourth-order valence-electron chi connectivity index (χ4n) is 1.26. The van der Waals surface area contributed by atoms with Gasteiger partial charge in [-0.3, -0.25) is 0 Å². The van der Waals surface area contributed by atoms with E-state index in [0.29, 0.717) is 10.0 Å². The normalized spacial score (nSPS) is 12.5. The van der Waals surface area contributed by atoms with Crippen molar-refractivity contribution in [2.45, 2.75) is 13.3 Å². The van der Waals surface area contributed by atoms with Crippen LogP contribution in [0.1, 0.15) is 13.3 Å². The van der Waals surface area contributed by atoms with Crippen LogP contribution in [0.15, 0.2) is 18.2 Å². The molecule has 4 heteroatoms. The monoisotopic (exact) mass is 247 g/mol. The Bertz CT molecular complexity index is 293. The number of rotatable bonds is 5. The summed E-state index contributed by atoms with van der Waals surface area (Å²) in [6.07, 6.45) is 0.942. The van der Waals surface area contributed by atoms with Crippen molar-refractivity contribution in [3.63, 3.8) is 0 Å². The number of halogens is 2. The standard InChI is InChI=1S/C11H15Cl2NO/c1-2-8(7-15)6-14-11-4-9(12)3-10(13)5-11/h3-5,8,14-15H,2,6-7H2,1H3. The molecule has 0 aliphatic heterocycles. The lowest BCUT2D eigenvalue weighted by Gasteiger charge is -2.13. The van der Waals surface area contributed by atoms with Gasteiger partial charge in [0.05, 0.1) is 0 Å². The summed E-state index contributed by atoms with van der Waals surface area (Å²) in [7, 11) is 0. The van der Waals surface area contributed by atoms with Crippen LogP contribution in [-0.4, -0.2) is 18.3 Å². The number of aliphatic hydroxyl groups is 1. The minimum atomic E-state index is 0.192. The molecule has 1 atom stereocenters. The van der Waals surface area contributed by atoms with E-state index in [2.05, 4.69) is 5.32 Å². The molecular formula is C11H15Cl2NO. The lowest BCUT2D eigenvalue weighted by Crippen LogP contribution is -2.16. The van der Waals surface area contributed by atoms with Gasteiger partial charge in [-0.2, -0.15) is 0 Å². The molecule has 0 bridgehead atoms. The van der Waals surface area contributed by atoms with Gasteiger partial charge in [-0.1, -0.05) is 30.1 Å². The average molecular weight is 248 g/mol. The summed E-state index contributed by atoms with van der Waals surface area (Å²) in [6, 6.07) is 5.33. The third-order valence-electron chi connectivity index (χ3n) is 2.29. The van der Waals surface area contributed by atoms with E-state index in [1.807, 2.05) is 19.1 Å². The van der Waals surface area contributed by atoms with E-state index in [0.717, 1.165) is 18.7 Å². The summed E-state index contributed by atoms with van der Waals surface area (Å²) >= 11 is 11.7. The molecule has 1 aromatic rings. The molecule has 84 valence electrons. The van der Waals surface area contributed by atoms with Crippen molar-refractivity contribution in [1.29, 1.82) is 0 Å². The molecule has 1 unspecified atom stereocenters. The van der Waals surface area contributed by atoms with Crippen LogP contribution in [0.5, 0.6) is 0 Å². The lowest BCUT2D eigenvalue weighted by atomic mass is 10.1. The first-order chi connectivity index (χ1) is 7.15. The Labute approximate surface area is 100 Å². The number of nitrogens with one attached hydrogen (secondary N) is 1. The van der Waals surface area contributed by atoms with Gasteiger partial charge in [-0.15, -0.1) is 0 Å². The van der Waals surface area contributed by atoms with Crippen LogP contribution >= 0.6 is 23.2 Å². The molecule has 1 aromatic carbocycles. The Morgan fingerprint density at radius 1 is 1.27 bits per heavy atom. The summed E-state index contributed by atoms with van der Waals surface area (Å²) in [6.45, 7) is 2.97. The average Bonchev–Trinajstić information content (AvgIpc) is 2.18. The fourth-order valence-corrected chi connectivity index (χ4v) is 1.78. The van der Waals surface area contributed by atoms with E-state index in [-0.39, 0.29) is 12.5 Å².